The summed E-state index contributed by atoms with van der Waals surface area (Å²) >= 11 is 6.02. The average molecular weight is 393 g/mol. The third-order valence-electron chi connectivity index (χ3n) is 4.80. The van der Waals surface area contributed by atoms with Crippen LogP contribution in [0.2, 0.25) is 5.02 Å². The van der Waals surface area contributed by atoms with Crippen LogP contribution in [0.5, 0.6) is 0 Å². The molecule has 0 aliphatic carbocycles. The lowest BCUT2D eigenvalue weighted by Gasteiger charge is -2.34. The maximum Gasteiger partial charge on any atom is 0.218 e. The predicted molar refractivity (Wildman–Crippen MR) is 107 cm³/mol. The molecule has 0 spiro atoms. The quantitative estimate of drug-likeness (QED) is 0.757. The molecule has 1 fully saturated rings. The second-order valence-corrected chi connectivity index (χ2v) is 9.27. The molecule has 1 aliphatic heterocycles. The number of nitrogens with zero attached hydrogens (tertiary/aromatic N) is 2. The number of aryl methyl sites for hydroxylation is 1. The molecule has 0 amide bonds. The smallest absolute Gasteiger partial charge is 0.218 e. The summed E-state index contributed by atoms with van der Waals surface area (Å²) in [6.07, 6.45) is 0.927. The Morgan fingerprint density at radius 2 is 1.65 bits per heavy atom. The van der Waals surface area contributed by atoms with Gasteiger partial charge in [0.2, 0.25) is 10.0 Å². The van der Waals surface area contributed by atoms with E-state index in [9.17, 15) is 8.42 Å². The lowest BCUT2D eigenvalue weighted by Crippen LogP contribution is -2.49. The maximum absolute atomic E-state index is 12.7. The first-order valence-corrected chi connectivity index (χ1v) is 10.9. The molecular weight excluding hydrogens is 368 g/mol. The Morgan fingerprint density at radius 3 is 2.31 bits per heavy atom. The maximum atomic E-state index is 12.7. The molecule has 1 aliphatic rings. The van der Waals surface area contributed by atoms with E-state index in [0.29, 0.717) is 13.1 Å². The van der Waals surface area contributed by atoms with Crippen LogP contribution in [0.3, 0.4) is 0 Å². The van der Waals surface area contributed by atoms with Crippen molar-refractivity contribution in [1.29, 1.82) is 0 Å². The number of halogens is 1. The van der Waals surface area contributed by atoms with E-state index in [1.807, 2.05) is 49.4 Å². The van der Waals surface area contributed by atoms with E-state index >= 15 is 0 Å². The molecule has 2 aromatic rings. The summed E-state index contributed by atoms with van der Waals surface area (Å²) in [6, 6.07) is 15.6. The van der Waals surface area contributed by atoms with Crippen LogP contribution >= 0.6 is 11.6 Å². The molecular formula is C20H25ClN2O2S. The number of hydrogen-bond donors (Lipinski definition) is 0. The van der Waals surface area contributed by atoms with Gasteiger partial charge < -0.3 is 4.90 Å². The topological polar surface area (TPSA) is 40.6 Å². The highest BCUT2D eigenvalue weighted by Gasteiger charge is 2.26. The van der Waals surface area contributed by atoms with E-state index in [4.69, 9.17) is 11.6 Å². The first kappa shape index (κ1) is 19.4. The highest BCUT2D eigenvalue weighted by Crippen LogP contribution is 2.16. The molecule has 0 radical (unpaired) electrons. The van der Waals surface area contributed by atoms with Gasteiger partial charge in [0.05, 0.1) is 5.75 Å². The normalized spacial score (nSPS) is 16.7. The molecule has 0 saturated carbocycles. The summed E-state index contributed by atoms with van der Waals surface area (Å²) < 4.78 is 26.9. The minimum atomic E-state index is -3.26. The molecule has 2 aromatic carbocycles. The van der Waals surface area contributed by atoms with Crippen molar-refractivity contribution in [3.63, 3.8) is 0 Å². The van der Waals surface area contributed by atoms with Crippen LogP contribution in [-0.4, -0.2) is 50.3 Å². The highest BCUT2D eigenvalue weighted by molar-refractivity contribution is 7.88. The molecule has 3 rings (SSSR count). The van der Waals surface area contributed by atoms with Gasteiger partial charge in [-0.25, -0.2) is 8.42 Å². The van der Waals surface area contributed by atoms with Crippen molar-refractivity contribution in [1.82, 2.24) is 9.21 Å². The van der Waals surface area contributed by atoms with Crippen molar-refractivity contribution in [2.75, 3.05) is 32.7 Å². The zero-order valence-corrected chi connectivity index (χ0v) is 16.6. The largest absolute Gasteiger partial charge is 0.300 e. The van der Waals surface area contributed by atoms with Crippen LogP contribution in [0.1, 0.15) is 16.7 Å². The fourth-order valence-electron chi connectivity index (χ4n) is 3.20. The Labute approximate surface area is 161 Å². The van der Waals surface area contributed by atoms with Crippen LogP contribution in [0.25, 0.3) is 0 Å². The monoisotopic (exact) mass is 392 g/mol. The van der Waals surface area contributed by atoms with Crippen molar-refractivity contribution in [2.24, 2.45) is 0 Å². The van der Waals surface area contributed by atoms with E-state index in [1.165, 1.54) is 5.56 Å². The van der Waals surface area contributed by atoms with Crippen LogP contribution in [0.4, 0.5) is 0 Å². The van der Waals surface area contributed by atoms with Gasteiger partial charge in [0.25, 0.3) is 0 Å². The molecule has 6 heteroatoms. The highest BCUT2D eigenvalue weighted by atomic mass is 35.5. The van der Waals surface area contributed by atoms with Gasteiger partial charge in [-0.2, -0.15) is 4.31 Å². The number of rotatable bonds is 6. The molecule has 26 heavy (non-hydrogen) atoms. The van der Waals surface area contributed by atoms with Crippen LogP contribution < -0.4 is 0 Å². The van der Waals surface area contributed by atoms with Gasteiger partial charge in [0.1, 0.15) is 0 Å². The molecule has 0 unspecified atom stereocenters. The second kappa shape index (κ2) is 8.53. The van der Waals surface area contributed by atoms with E-state index in [-0.39, 0.29) is 5.75 Å². The van der Waals surface area contributed by atoms with Crippen molar-refractivity contribution in [2.45, 2.75) is 19.1 Å². The summed E-state index contributed by atoms with van der Waals surface area (Å²) in [4.78, 5) is 2.32. The van der Waals surface area contributed by atoms with Crippen molar-refractivity contribution >= 4 is 21.6 Å². The van der Waals surface area contributed by atoms with Gasteiger partial charge in [-0.1, -0.05) is 53.6 Å². The Hall–Kier alpha value is -1.40. The fraction of sp³-hybridized carbons (Fsp3) is 0.400. The summed E-state index contributed by atoms with van der Waals surface area (Å²) in [7, 11) is -3.26. The first-order chi connectivity index (χ1) is 12.4. The molecule has 0 aromatic heterocycles. The predicted octanol–water partition coefficient (Wildman–Crippen LogP) is 3.34. The van der Waals surface area contributed by atoms with E-state index in [0.717, 1.165) is 42.2 Å². The minimum absolute atomic E-state index is 0.0792. The van der Waals surface area contributed by atoms with Crippen molar-refractivity contribution in [3.05, 3.63) is 70.2 Å². The molecule has 4 nitrogen and oxygen atoms in total. The number of benzene rings is 2. The SMILES string of the molecule is Cc1ccc(CS(=O)(=O)N2CCN(CCc3cccc(Cl)c3)CC2)cc1. The van der Waals surface area contributed by atoms with Crippen LogP contribution in [0, 0.1) is 6.92 Å². The molecule has 0 N–H and O–H groups in total. The van der Waals surface area contributed by atoms with Gasteiger partial charge in [0, 0.05) is 37.7 Å². The second-order valence-electron chi connectivity index (χ2n) is 6.86. The Morgan fingerprint density at radius 1 is 0.962 bits per heavy atom. The van der Waals surface area contributed by atoms with E-state index < -0.39 is 10.0 Å². The summed E-state index contributed by atoms with van der Waals surface area (Å²) in [5.74, 6) is 0.0792. The third kappa shape index (κ3) is 5.30. The fourth-order valence-corrected chi connectivity index (χ4v) is 4.93. The molecule has 1 saturated heterocycles. The zero-order chi connectivity index (χ0) is 18.6. The molecule has 1 heterocycles. The lowest BCUT2D eigenvalue weighted by atomic mass is 10.1. The Balaban J connectivity index is 1.50. The Kier molecular flexibility index (Phi) is 6.35. The molecule has 0 bridgehead atoms. The van der Waals surface area contributed by atoms with Crippen molar-refractivity contribution < 1.29 is 8.42 Å². The third-order valence-corrected chi connectivity index (χ3v) is 6.89. The number of hydrogen-bond acceptors (Lipinski definition) is 3. The summed E-state index contributed by atoms with van der Waals surface area (Å²) in [5, 5.41) is 0.759. The van der Waals surface area contributed by atoms with Crippen LogP contribution in [0.15, 0.2) is 48.5 Å². The standard InChI is InChI=1S/C20H25ClN2O2S/c1-17-5-7-19(8-6-17)16-26(24,25)23-13-11-22(12-14-23)10-9-18-3-2-4-20(21)15-18/h2-8,15H,9-14,16H2,1H3. The summed E-state index contributed by atoms with van der Waals surface area (Å²) in [5.41, 5.74) is 3.20. The summed E-state index contributed by atoms with van der Waals surface area (Å²) in [6.45, 7) is 5.59. The van der Waals surface area contributed by atoms with Gasteiger partial charge in [-0.15, -0.1) is 0 Å². The zero-order valence-electron chi connectivity index (χ0n) is 15.1. The van der Waals surface area contributed by atoms with Gasteiger partial charge >= 0.3 is 0 Å². The van der Waals surface area contributed by atoms with Gasteiger partial charge in [0.15, 0.2) is 0 Å². The number of sulfonamides is 1. The van der Waals surface area contributed by atoms with Crippen molar-refractivity contribution in [3.8, 4) is 0 Å². The van der Waals surface area contributed by atoms with E-state index in [1.54, 1.807) is 4.31 Å². The van der Waals surface area contributed by atoms with Crippen LogP contribution in [-0.2, 0) is 22.2 Å². The van der Waals surface area contributed by atoms with E-state index in [2.05, 4.69) is 11.0 Å². The van der Waals surface area contributed by atoms with Gasteiger partial charge in [-0.05, 0) is 36.6 Å². The number of piperazine rings is 1. The molecule has 140 valence electrons. The lowest BCUT2D eigenvalue weighted by molar-refractivity contribution is 0.190. The average Bonchev–Trinajstić information content (AvgIpc) is 2.62. The first-order valence-electron chi connectivity index (χ1n) is 8.92. The minimum Gasteiger partial charge on any atom is -0.300 e. The Bertz CT molecular complexity index is 829. The van der Waals surface area contributed by atoms with Gasteiger partial charge in [-0.3, -0.25) is 0 Å². The molecule has 0 atom stereocenters.